The van der Waals surface area contributed by atoms with Gasteiger partial charge in [0, 0.05) is 32.2 Å². The number of benzene rings is 1. The maximum absolute atomic E-state index is 12.5. The molecule has 1 unspecified atom stereocenters. The molecule has 1 heterocycles. The topological polar surface area (TPSA) is 48.9 Å². The van der Waals surface area contributed by atoms with E-state index in [-0.39, 0.29) is 29.7 Å². The third-order valence-electron chi connectivity index (χ3n) is 4.50. The van der Waals surface area contributed by atoms with Crippen LogP contribution in [0, 0.1) is 5.92 Å². The lowest BCUT2D eigenvalue weighted by atomic mass is 10.1. The molecular weight excluding hydrogens is 465 g/mol. The molecule has 1 saturated heterocycles. The monoisotopic (exact) mass is 496 g/mol. The van der Waals surface area contributed by atoms with E-state index >= 15 is 0 Å². The van der Waals surface area contributed by atoms with E-state index in [9.17, 15) is 8.78 Å². The van der Waals surface area contributed by atoms with Crippen LogP contribution in [0.1, 0.15) is 31.7 Å². The van der Waals surface area contributed by atoms with Gasteiger partial charge in [-0.2, -0.15) is 8.78 Å². The zero-order valence-electron chi connectivity index (χ0n) is 16.1. The highest BCUT2D eigenvalue weighted by molar-refractivity contribution is 14.0. The van der Waals surface area contributed by atoms with Gasteiger partial charge in [-0.15, -0.1) is 24.0 Å². The van der Waals surface area contributed by atoms with Gasteiger partial charge in [0.15, 0.2) is 5.96 Å². The van der Waals surface area contributed by atoms with Crippen LogP contribution in [0.3, 0.4) is 0 Å². The van der Waals surface area contributed by atoms with Crippen molar-refractivity contribution in [2.75, 3.05) is 33.2 Å². The summed E-state index contributed by atoms with van der Waals surface area (Å²) in [6.07, 6.45) is 3.93. The molecule has 2 N–H and O–H groups in total. The third-order valence-corrected chi connectivity index (χ3v) is 4.50. The molecule has 5 nitrogen and oxygen atoms in total. The minimum atomic E-state index is -2.83. The van der Waals surface area contributed by atoms with E-state index < -0.39 is 6.61 Å². The van der Waals surface area contributed by atoms with Crippen LogP contribution in [0.2, 0.25) is 0 Å². The molecule has 0 saturated carbocycles. The molecule has 1 fully saturated rings. The largest absolute Gasteiger partial charge is 0.434 e. The van der Waals surface area contributed by atoms with Crippen molar-refractivity contribution in [3.8, 4) is 5.75 Å². The van der Waals surface area contributed by atoms with E-state index in [4.69, 9.17) is 0 Å². The third kappa shape index (κ3) is 9.05. The molecule has 1 aromatic carbocycles. The van der Waals surface area contributed by atoms with Crippen molar-refractivity contribution in [3.63, 3.8) is 0 Å². The lowest BCUT2D eigenvalue weighted by Gasteiger charge is -2.29. The molecule has 1 aliphatic heterocycles. The number of aliphatic imine (C=N–C) groups is 1. The fourth-order valence-electron chi connectivity index (χ4n) is 3.18. The number of likely N-dealkylation sites (tertiary alicyclic amines) is 1. The average Bonchev–Trinajstić information content (AvgIpc) is 2.63. The Morgan fingerprint density at radius 1 is 1.19 bits per heavy atom. The normalized spacial score (nSPS) is 16.6. The Hall–Kier alpha value is -1.16. The van der Waals surface area contributed by atoms with Crippen LogP contribution in [-0.4, -0.2) is 50.7 Å². The van der Waals surface area contributed by atoms with Gasteiger partial charge in [0.2, 0.25) is 0 Å². The molecule has 1 aliphatic rings. The van der Waals surface area contributed by atoms with Crippen LogP contribution in [0.4, 0.5) is 8.78 Å². The SMILES string of the molecule is CN=C(NCc1ccccc1OC(F)F)NCC(C)CN1CCCCC1.I. The number of nitrogens with one attached hydrogen (secondary N) is 2. The summed E-state index contributed by atoms with van der Waals surface area (Å²) in [6, 6.07) is 6.78. The molecule has 154 valence electrons. The quantitative estimate of drug-likeness (QED) is 0.328. The number of rotatable bonds is 8. The molecule has 2 rings (SSSR count). The van der Waals surface area contributed by atoms with E-state index in [1.54, 1.807) is 31.3 Å². The lowest BCUT2D eigenvalue weighted by molar-refractivity contribution is -0.0504. The minimum absolute atomic E-state index is 0. The maximum Gasteiger partial charge on any atom is 0.387 e. The summed E-state index contributed by atoms with van der Waals surface area (Å²) in [5, 5.41) is 6.47. The number of piperidine rings is 1. The van der Waals surface area contributed by atoms with Gasteiger partial charge in [0.05, 0.1) is 0 Å². The smallest absolute Gasteiger partial charge is 0.387 e. The Balaban J connectivity index is 0.00000364. The van der Waals surface area contributed by atoms with Crippen LogP contribution < -0.4 is 15.4 Å². The van der Waals surface area contributed by atoms with Crippen molar-refractivity contribution in [2.24, 2.45) is 10.9 Å². The number of hydrogen-bond donors (Lipinski definition) is 2. The predicted octanol–water partition coefficient (Wildman–Crippen LogP) is 3.69. The summed E-state index contributed by atoms with van der Waals surface area (Å²) < 4.78 is 29.5. The molecule has 0 bridgehead atoms. The zero-order chi connectivity index (χ0) is 18.8. The Morgan fingerprint density at radius 3 is 2.56 bits per heavy atom. The van der Waals surface area contributed by atoms with E-state index in [1.165, 1.54) is 32.4 Å². The Bertz CT molecular complexity index is 568. The molecule has 0 spiro atoms. The number of hydrogen-bond acceptors (Lipinski definition) is 3. The highest BCUT2D eigenvalue weighted by Gasteiger charge is 2.14. The number of alkyl halides is 2. The number of halogens is 3. The molecule has 1 aromatic rings. The van der Waals surface area contributed by atoms with Crippen LogP contribution >= 0.6 is 24.0 Å². The predicted molar refractivity (Wildman–Crippen MR) is 116 cm³/mol. The first-order chi connectivity index (χ1) is 12.6. The van der Waals surface area contributed by atoms with Crippen LogP contribution in [-0.2, 0) is 6.54 Å². The Morgan fingerprint density at radius 2 is 1.89 bits per heavy atom. The van der Waals surface area contributed by atoms with Crippen molar-refractivity contribution in [1.29, 1.82) is 0 Å². The van der Waals surface area contributed by atoms with Gasteiger partial charge in [-0.3, -0.25) is 4.99 Å². The van der Waals surface area contributed by atoms with Gasteiger partial charge >= 0.3 is 6.61 Å². The highest BCUT2D eigenvalue weighted by Crippen LogP contribution is 2.19. The first kappa shape index (κ1) is 23.9. The van der Waals surface area contributed by atoms with Crippen molar-refractivity contribution in [3.05, 3.63) is 29.8 Å². The van der Waals surface area contributed by atoms with Crippen molar-refractivity contribution >= 4 is 29.9 Å². The number of ether oxygens (including phenoxy) is 1. The first-order valence-corrected chi connectivity index (χ1v) is 9.28. The van der Waals surface area contributed by atoms with E-state index in [0.29, 0.717) is 24.0 Å². The Labute approximate surface area is 178 Å². The summed E-state index contributed by atoms with van der Waals surface area (Å²) in [6.45, 7) is 4.03. The molecule has 8 heteroatoms. The standard InChI is InChI=1S/C19H30F2N4O.HI/c1-15(14-25-10-6-3-7-11-25)12-23-19(22-2)24-13-16-8-4-5-9-17(16)26-18(20)21;/h4-5,8-9,15,18H,3,6-7,10-14H2,1-2H3,(H2,22,23,24);1H. The molecule has 1 atom stereocenters. The first-order valence-electron chi connectivity index (χ1n) is 9.28. The summed E-state index contributed by atoms with van der Waals surface area (Å²) in [4.78, 5) is 6.72. The van der Waals surface area contributed by atoms with Gasteiger partial charge in [-0.1, -0.05) is 31.5 Å². The van der Waals surface area contributed by atoms with E-state index in [1.807, 2.05) is 0 Å². The number of nitrogens with zero attached hydrogens (tertiary/aromatic N) is 2. The van der Waals surface area contributed by atoms with Crippen LogP contribution in [0.15, 0.2) is 29.3 Å². The fourth-order valence-corrected chi connectivity index (χ4v) is 3.18. The molecule has 27 heavy (non-hydrogen) atoms. The summed E-state index contributed by atoms with van der Waals surface area (Å²) >= 11 is 0. The molecule has 0 aromatic heterocycles. The van der Waals surface area contributed by atoms with Crippen molar-refractivity contribution in [2.45, 2.75) is 39.3 Å². The Kier molecular flexibility index (Phi) is 11.6. The second-order valence-corrected chi connectivity index (χ2v) is 6.76. The van der Waals surface area contributed by atoms with E-state index in [2.05, 4.69) is 32.2 Å². The maximum atomic E-state index is 12.5. The number of guanidine groups is 1. The minimum Gasteiger partial charge on any atom is -0.434 e. The molecule has 0 amide bonds. The zero-order valence-corrected chi connectivity index (χ0v) is 18.4. The van der Waals surface area contributed by atoms with Crippen molar-refractivity contribution in [1.82, 2.24) is 15.5 Å². The molecule has 0 radical (unpaired) electrons. The van der Waals surface area contributed by atoms with E-state index in [0.717, 1.165) is 13.1 Å². The lowest BCUT2D eigenvalue weighted by Crippen LogP contribution is -2.42. The summed E-state index contributed by atoms with van der Waals surface area (Å²) in [7, 11) is 1.70. The van der Waals surface area contributed by atoms with Gasteiger partial charge in [-0.05, 0) is 37.9 Å². The van der Waals surface area contributed by atoms with Crippen LogP contribution in [0.5, 0.6) is 5.75 Å². The second kappa shape index (κ2) is 13.1. The summed E-state index contributed by atoms with van der Waals surface area (Å²) in [5.74, 6) is 1.34. The molecule has 0 aliphatic carbocycles. The molecular formula is C19H31F2IN4O. The fraction of sp³-hybridized carbons (Fsp3) is 0.632. The van der Waals surface area contributed by atoms with Gasteiger partial charge in [0.1, 0.15) is 5.75 Å². The second-order valence-electron chi connectivity index (χ2n) is 6.76. The van der Waals surface area contributed by atoms with Crippen LogP contribution in [0.25, 0.3) is 0 Å². The summed E-state index contributed by atoms with van der Waals surface area (Å²) in [5.41, 5.74) is 0.664. The van der Waals surface area contributed by atoms with Crippen molar-refractivity contribution < 1.29 is 13.5 Å². The number of para-hydroxylation sites is 1. The van der Waals surface area contributed by atoms with Gasteiger partial charge in [-0.25, -0.2) is 0 Å². The van der Waals surface area contributed by atoms with Gasteiger partial charge < -0.3 is 20.3 Å². The highest BCUT2D eigenvalue weighted by atomic mass is 127. The average molecular weight is 496 g/mol. The van der Waals surface area contributed by atoms with Gasteiger partial charge in [0.25, 0.3) is 0 Å².